The summed E-state index contributed by atoms with van der Waals surface area (Å²) in [6.07, 6.45) is 13.9. The van der Waals surface area contributed by atoms with Crippen molar-refractivity contribution in [3.05, 3.63) is 5.92 Å². The van der Waals surface area contributed by atoms with Crippen molar-refractivity contribution in [3.8, 4) is 0 Å². The Kier molecular flexibility index (Phi) is 11.5. The van der Waals surface area contributed by atoms with E-state index in [2.05, 4.69) is 27.7 Å². The number of rotatable bonds is 11. The van der Waals surface area contributed by atoms with Gasteiger partial charge in [0, 0.05) is 0 Å². The van der Waals surface area contributed by atoms with Gasteiger partial charge in [-0.15, -0.1) is 0 Å². The zero-order valence-electron chi connectivity index (χ0n) is 12.1. The van der Waals surface area contributed by atoms with Gasteiger partial charge in [0.25, 0.3) is 0 Å². The van der Waals surface area contributed by atoms with Gasteiger partial charge in [0.05, 0.1) is 0 Å². The second kappa shape index (κ2) is 11.5. The summed E-state index contributed by atoms with van der Waals surface area (Å²) in [5.41, 5.74) is 0. The van der Waals surface area contributed by atoms with Crippen LogP contribution in [0.3, 0.4) is 0 Å². The fourth-order valence-electron chi connectivity index (χ4n) is 2.53. The lowest BCUT2D eigenvalue weighted by Crippen LogP contribution is -2.12. The molecule has 0 N–H and O–H groups in total. The molecule has 0 aromatic heterocycles. The molecule has 0 heterocycles. The van der Waals surface area contributed by atoms with Gasteiger partial charge in [0.1, 0.15) is 0 Å². The van der Waals surface area contributed by atoms with Crippen LogP contribution < -0.4 is 0 Å². The zero-order chi connectivity index (χ0) is 12.2. The van der Waals surface area contributed by atoms with Gasteiger partial charge in [0.15, 0.2) is 0 Å². The Labute approximate surface area is 104 Å². The number of hydrogen-bond acceptors (Lipinski definition) is 0. The monoisotopic (exact) mass is 225 g/mol. The lowest BCUT2D eigenvalue weighted by Gasteiger charge is -2.25. The first-order valence-electron chi connectivity index (χ1n) is 7.64. The van der Waals surface area contributed by atoms with Crippen LogP contribution in [0.15, 0.2) is 0 Å². The Bertz CT molecular complexity index is 120. The minimum absolute atomic E-state index is 0.941. The van der Waals surface area contributed by atoms with Gasteiger partial charge in [-0.25, -0.2) is 0 Å². The molecule has 0 atom stereocenters. The second-order valence-electron chi connectivity index (χ2n) is 5.10. The highest BCUT2D eigenvalue weighted by atomic mass is 14.2. The molecule has 0 aromatic rings. The Morgan fingerprint density at radius 2 is 1.25 bits per heavy atom. The third-order valence-electron chi connectivity index (χ3n) is 3.70. The van der Waals surface area contributed by atoms with Crippen molar-refractivity contribution in [3.63, 3.8) is 0 Å². The van der Waals surface area contributed by atoms with Gasteiger partial charge >= 0.3 is 0 Å². The van der Waals surface area contributed by atoms with Gasteiger partial charge < -0.3 is 0 Å². The Morgan fingerprint density at radius 3 is 1.62 bits per heavy atom. The average molecular weight is 225 g/mol. The van der Waals surface area contributed by atoms with Crippen LogP contribution in [-0.2, 0) is 0 Å². The van der Waals surface area contributed by atoms with Gasteiger partial charge in [-0.3, -0.25) is 0 Å². The summed E-state index contributed by atoms with van der Waals surface area (Å²) in [5.74, 6) is 2.81. The van der Waals surface area contributed by atoms with Crippen LogP contribution in [0.2, 0.25) is 0 Å². The van der Waals surface area contributed by atoms with Gasteiger partial charge in [-0.2, -0.15) is 0 Å². The molecule has 1 radical (unpaired) electrons. The molecule has 0 aromatic carbocycles. The van der Waals surface area contributed by atoms with E-state index >= 15 is 0 Å². The summed E-state index contributed by atoms with van der Waals surface area (Å²) < 4.78 is 0. The predicted molar refractivity (Wildman–Crippen MR) is 75.6 cm³/mol. The Hall–Kier alpha value is 0. The summed E-state index contributed by atoms with van der Waals surface area (Å²) in [6.45, 7) is 9.29. The smallest absolute Gasteiger partial charge is 0.0213 e. The standard InChI is InChI=1S/C16H33/c1-5-9-12-15(8-4)16(13-10-6-2)14-11-7-3/h16H,5-14H2,1-4H3. The van der Waals surface area contributed by atoms with Crippen LogP contribution in [-0.4, -0.2) is 0 Å². The molecular weight excluding hydrogens is 192 g/mol. The summed E-state index contributed by atoms with van der Waals surface area (Å²) in [7, 11) is 0. The molecule has 16 heavy (non-hydrogen) atoms. The molecular formula is C16H33. The van der Waals surface area contributed by atoms with Gasteiger partial charge in [-0.1, -0.05) is 66.2 Å². The molecule has 0 rings (SSSR count). The van der Waals surface area contributed by atoms with E-state index in [0.717, 1.165) is 5.92 Å². The van der Waals surface area contributed by atoms with E-state index in [1.54, 1.807) is 0 Å². The number of unbranched alkanes of at least 4 members (excludes halogenated alkanes) is 3. The average Bonchev–Trinajstić information content (AvgIpc) is 2.32. The predicted octanol–water partition coefficient (Wildman–Crippen LogP) is 6.16. The molecule has 0 amide bonds. The Morgan fingerprint density at radius 1 is 0.750 bits per heavy atom. The first kappa shape index (κ1) is 16.0. The molecule has 0 heteroatoms. The lowest BCUT2D eigenvalue weighted by molar-refractivity contribution is 0.396. The topological polar surface area (TPSA) is 0 Å². The van der Waals surface area contributed by atoms with Crippen molar-refractivity contribution in [1.29, 1.82) is 0 Å². The van der Waals surface area contributed by atoms with E-state index < -0.39 is 0 Å². The van der Waals surface area contributed by atoms with Crippen LogP contribution in [0.4, 0.5) is 0 Å². The van der Waals surface area contributed by atoms with Crippen molar-refractivity contribution >= 4 is 0 Å². The Balaban J connectivity index is 4.06. The molecule has 0 fully saturated rings. The van der Waals surface area contributed by atoms with E-state index in [-0.39, 0.29) is 0 Å². The maximum absolute atomic E-state index is 2.36. The van der Waals surface area contributed by atoms with E-state index in [4.69, 9.17) is 0 Å². The molecule has 0 aliphatic rings. The lowest BCUT2D eigenvalue weighted by atomic mass is 9.80. The third-order valence-corrected chi connectivity index (χ3v) is 3.70. The van der Waals surface area contributed by atoms with Crippen LogP contribution in [0.5, 0.6) is 0 Å². The van der Waals surface area contributed by atoms with Crippen LogP contribution in [0.25, 0.3) is 0 Å². The summed E-state index contributed by atoms with van der Waals surface area (Å²) in [5, 5.41) is 0. The maximum atomic E-state index is 2.36. The van der Waals surface area contributed by atoms with Crippen LogP contribution in [0.1, 0.15) is 91.9 Å². The molecule has 0 saturated heterocycles. The highest BCUT2D eigenvalue weighted by Crippen LogP contribution is 2.32. The first-order valence-corrected chi connectivity index (χ1v) is 7.64. The minimum atomic E-state index is 0.941. The fraction of sp³-hybridized carbons (Fsp3) is 0.938. The van der Waals surface area contributed by atoms with Crippen molar-refractivity contribution in [1.82, 2.24) is 0 Å². The highest BCUT2D eigenvalue weighted by molar-refractivity contribution is 4.95. The van der Waals surface area contributed by atoms with E-state index in [1.165, 1.54) is 64.2 Å². The molecule has 0 saturated carbocycles. The molecule has 0 aliphatic heterocycles. The van der Waals surface area contributed by atoms with E-state index in [9.17, 15) is 0 Å². The zero-order valence-corrected chi connectivity index (χ0v) is 12.1. The largest absolute Gasteiger partial charge is 0.0654 e. The molecule has 0 nitrogen and oxygen atoms in total. The van der Waals surface area contributed by atoms with Crippen molar-refractivity contribution in [2.24, 2.45) is 5.92 Å². The minimum Gasteiger partial charge on any atom is -0.0654 e. The fourth-order valence-corrected chi connectivity index (χ4v) is 2.53. The summed E-state index contributed by atoms with van der Waals surface area (Å²) >= 11 is 0. The second-order valence-corrected chi connectivity index (χ2v) is 5.10. The number of hydrogen-bond donors (Lipinski definition) is 0. The van der Waals surface area contributed by atoms with Crippen molar-refractivity contribution in [2.45, 2.75) is 91.9 Å². The molecule has 0 spiro atoms. The molecule has 0 aliphatic carbocycles. The van der Waals surface area contributed by atoms with Gasteiger partial charge in [0.2, 0.25) is 0 Å². The SMILES string of the molecule is CCCC[C](CC)C(CCCC)CCCC. The summed E-state index contributed by atoms with van der Waals surface area (Å²) in [6, 6.07) is 0. The quantitative estimate of drug-likeness (QED) is 0.395. The normalized spacial score (nSPS) is 11.6. The summed E-state index contributed by atoms with van der Waals surface area (Å²) in [4.78, 5) is 0. The third kappa shape index (κ3) is 7.30. The van der Waals surface area contributed by atoms with Crippen LogP contribution in [0, 0.1) is 11.8 Å². The van der Waals surface area contributed by atoms with E-state index in [1.807, 2.05) is 5.92 Å². The molecule has 97 valence electrons. The van der Waals surface area contributed by atoms with Crippen molar-refractivity contribution in [2.75, 3.05) is 0 Å². The van der Waals surface area contributed by atoms with Crippen molar-refractivity contribution < 1.29 is 0 Å². The van der Waals surface area contributed by atoms with Gasteiger partial charge in [-0.05, 0) is 37.5 Å². The van der Waals surface area contributed by atoms with Crippen LogP contribution >= 0.6 is 0 Å². The molecule has 0 unspecified atom stereocenters. The van der Waals surface area contributed by atoms with E-state index in [0.29, 0.717) is 0 Å². The highest BCUT2D eigenvalue weighted by Gasteiger charge is 2.18. The maximum Gasteiger partial charge on any atom is -0.0213 e. The first-order chi connectivity index (χ1) is 7.79. The molecule has 0 bridgehead atoms.